The fraction of sp³-hybridized carbons (Fsp3) is 0.273. The molecule has 1 amide bonds. The molecule has 3 aliphatic heterocycles. The van der Waals surface area contributed by atoms with Crippen molar-refractivity contribution in [3.8, 4) is 17.2 Å². The lowest BCUT2D eigenvalue weighted by Gasteiger charge is -2.25. The molecular formula is C22H18N2O6. The van der Waals surface area contributed by atoms with Gasteiger partial charge in [-0.25, -0.2) is 4.79 Å². The Balaban J connectivity index is 1.52. The van der Waals surface area contributed by atoms with Gasteiger partial charge in [-0.1, -0.05) is 6.07 Å². The lowest BCUT2D eigenvalue weighted by Crippen LogP contribution is -2.46. The van der Waals surface area contributed by atoms with E-state index >= 15 is 0 Å². The summed E-state index contributed by atoms with van der Waals surface area (Å²) in [4.78, 5) is 28.9. The third-order valence-electron chi connectivity index (χ3n) is 6.03. The smallest absolute Gasteiger partial charge is 0.328 e. The summed E-state index contributed by atoms with van der Waals surface area (Å²) in [5, 5.41) is 3.80. The molecule has 152 valence electrons. The van der Waals surface area contributed by atoms with E-state index in [2.05, 4.69) is 10.3 Å². The average Bonchev–Trinajstić information content (AvgIpc) is 3.46. The van der Waals surface area contributed by atoms with Crippen LogP contribution in [-0.2, 0) is 20.7 Å². The summed E-state index contributed by atoms with van der Waals surface area (Å²) >= 11 is 0. The molecule has 4 heterocycles. The molecule has 8 nitrogen and oxygen atoms in total. The molecule has 0 bridgehead atoms. The number of carbonyl (C=O) groups is 2. The van der Waals surface area contributed by atoms with Gasteiger partial charge in [0.15, 0.2) is 11.5 Å². The van der Waals surface area contributed by atoms with Gasteiger partial charge >= 0.3 is 5.97 Å². The number of aromatic nitrogens is 1. The Bertz CT molecular complexity index is 1220. The molecule has 3 atom stereocenters. The third-order valence-corrected chi connectivity index (χ3v) is 6.03. The third kappa shape index (κ3) is 2.33. The minimum atomic E-state index is -0.767. The van der Waals surface area contributed by atoms with E-state index in [1.165, 1.54) is 7.11 Å². The minimum Gasteiger partial charge on any atom is -0.484 e. The largest absolute Gasteiger partial charge is 0.484 e. The number of amides is 1. The maximum atomic E-state index is 13.4. The summed E-state index contributed by atoms with van der Waals surface area (Å²) in [5.74, 6) is 0.589. The van der Waals surface area contributed by atoms with Crippen molar-refractivity contribution in [2.24, 2.45) is 0 Å². The van der Waals surface area contributed by atoms with Crippen LogP contribution in [0.4, 0.5) is 0 Å². The number of aromatic amines is 1. The molecule has 0 spiro atoms. The van der Waals surface area contributed by atoms with Crippen molar-refractivity contribution < 1.29 is 28.5 Å². The highest BCUT2D eigenvalue weighted by Gasteiger charge is 2.45. The zero-order chi connectivity index (χ0) is 20.4. The number of nitrogens with one attached hydrogen (secondary N) is 2. The molecule has 0 unspecified atom stereocenters. The van der Waals surface area contributed by atoms with Crippen molar-refractivity contribution in [2.75, 3.05) is 13.9 Å². The van der Waals surface area contributed by atoms with E-state index in [1.807, 2.05) is 36.5 Å². The molecule has 0 saturated carbocycles. The molecule has 30 heavy (non-hydrogen) atoms. The Kier molecular flexibility index (Phi) is 3.53. The van der Waals surface area contributed by atoms with E-state index < -0.39 is 24.0 Å². The fourth-order valence-corrected chi connectivity index (χ4v) is 4.67. The molecule has 2 N–H and O–H groups in total. The monoisotopic (exact) mass is 406 g/mol. The maximum Gasteiger partial charge on any atom is 0.328 e. The number of fused-ring (bicyclic) bond motifs is 1. The van der Waals surface area contributed by atoms with Gasteiger partial charge in [0.05, 0.1) is 7.11 Å². The molecule has 2 aromatic carbocycles. The molecule has 0 fully saturated rings. The number of ether oxygens (including phenoxy) is 4. The number of carbonyl (C=O) groups excluding carboxylic acids is 2. The Morgan fingerprint density at radius 2 is 1.97 bits per heavy atom. The van der Waals surface area contributed by atoms with E-state index in [4.69, 9.17) is 18.9 Å². The van der Waals surface area contributed by atoms with Gasteiger partial charge in [0.25, 0.3) is 0 Å². The number of methoxy groups -OCH3 is 1. The van der Waals surface area contributed by atoms with Crippen LogP contribution in [0.1, 0.15) is 28.7 Å². The van der Waals surface area contributed by atoms with Crippen LogP contribution in [0.2, 0.25) is 0 Å². The second-order valence-corrected chi connectivity index (χ2v) is 7.63. The molecular weight excluding hydrogens is 388 g/mol. The first-order valence-corrected chi connectivity index (χ1v) is 9.71. The van der Waals surface area contributed by atoms with Gasteiger partial charge in [-0.15, -0.1) is 0 Å². The van der Waals surface area contributed by atoms with Gasteiger partial charge in [-0.05, 0) is 35.4 Å². The summed E-state index contributed by atoms with van der Waals surface area (Å²) in [6.07, 6.45) is 1.67. The van der Waals surface area contributed by atoms with Gasteiger partial charge in [-0.3, -0.25) is 4.79 Å². The van der Waals surface area contributed by atoms with Crippen LogP contribution in [0.3, 0.4) is 0 Å². The van der Waals surface area contributed by atoms with Gasteiger partial charge in [-0.2, -0.15) is 0 Å². The Hall–Kier alpha value is -3.68. The minimum absolute atomic E-state index is 0.169. The van der Waals surface area contributed by atoms with Crippen molar-refractivity contribution in [3.63, 3.8) is 0 Å². The van der Waals surface area contributed by atoms with Crippen molar-refractivity contribution >= 4 is 22.8 Å². The zero-order valence-corrected chi connectivity index (χ0v) is 16.1. The topological polar surface area (TPSA) is 98.9 Å². The predicted octanol–water partition coefficient (Wildman–Crippen LogP) is 2.33. The molecule has 3 aromatic rings. The predicted molar refractivity (Wildman–Crippen MR) is 105 cm³/mol. The Morgan fingerprint density at radius 1 is 1.13 bits per heavy atom. The molecule has 1 aromatic heterocycles. The van der Waals surface area contributed by atoms with Crippen LogP contribution in [0, 0.1) is 0 Å². The summed E-state index contributed by atoms with van der Waals surface area (Å²) in [6, 6.07) is 8.59. The number of benzene rings is 2. The maximum absolute atomic E-state index is 13.4. The standard InChI is InChI=1S/C22H18N2O6/c1-27-22(26)13-6-11-8-23-12-3-5-15-18(17(11)12)19(21(25)24-13)20(30-15)10-2-4-14-16(7-10)29-9-28-14/h2-5,7-8,13,19-20,23H,6,9H2,1H3,(H,24,25)/t13-,19+,20-/m0/s1. The number of H-pyrrole nitrogens is 1. The van der Waals surface area contributed by atoms with Gasteiger partial charge in [0.2, 0.25) is 12.7 Å². The van der Waals surface area contributed by atoms with Crippen LogP contribution >= 0.6 is 0 Å². The normalized spacial score (nSPS) is 23.5. The molecule has 3 aliphatic rings. The van der Waals surface area contributed by atoms with Crippen LogP contribution in [0.15, 0.2) is 36.5 Å². The van der Waals surface area contributed by atoms with Crippen molar-refractivity contribution in [1.29, 1.82) is 0 Å². The highest BCUT2D eigenvalue weighted by Crippen LogP contribution is 2.51. The van der Waals surface area contributed by atoms with Gasteiger partial charge in [0.1, 0.15) is 23.8 Å². The van der Waals surface area contributed by atoms with Crippen LogP contribution in [0.25, 0.3) is 10.9 Å². The van der Waals surface area contributed by atoms with Crippen LogP contribution in [0.5, 0.6) is 17.2 Å². The summed E-state index contributed by atoms with van der Waals surface area (Å²) in [7, 11) is 1.32. The van der Waals surface area contributed by atoms with E-state index in [0.29, 0.717) is 23.7 Å². The fourth-order valence-electron chi connectivity index (χ4n) is 4.67. The number of hydrogen-bond donors (Lipinski definition) is 2. The second kappa shape index (κ2) is 6.16. The first-order valence-electron chi connectivity index (χ1n) is 9.71. The molecule has 0 aliphatic carbocycles. The summed E-state index contributed by atoms with van der Waals surface area (Å²) in [5.41, 5.74) is 3.49. The van der Waals surface area contributed by atoms with E-state index in [1.54, 1.807) is 0 Å². The van der Waals surface area contributed by atoms with Crippen molar-refractivity contribution in [2.45, 2.75) is 24.5 Å². The SMILES string of the molecule is COC(=O)[C@@H]1Cc2c[nH]c3ccc4c(c23)[C@@H](C(=O)N1)[C@H](c1ccc2c(c1)OCO2)O4. The van der Waals surface area contributed by atoms with Crippen LogP contribution < -0.4 is 19.5 Å². The van der Waals surface area contributed by atoms with Crippen molar-refractivity contribution in [3.05, 3.63) is 53.2 Å². The number of rotatable bonds is 2. The van der Waals surface area contributed by atoms with Crippen LogP contribution in [-0.4, -0.2) is 36.8 Å². The molecule has 6 rings (SSSR count). The second-order valence-electron chi connectivity index (χ2n) is 7.63. The highest BCUT2D eigenvalue weighted by atomic mass is 16.7. The molecule has 8 heteroatoms. The summed E-state index contributed by atoms with van der Waals surface area (Å²) < 4.78 is 22.1. The highest BCUT2D eigenvalue weighted by molar-refractivity contribution is 5.99. The first kappa shape index (κ1) is 17.2. The van der Waals surface area contributed by atoms with Crippen molar-refractivity contribution in [1.82, 2.24) is 10.3 Å². The molecule has 0 radical (unpaired) electrons. The lowest BCUT2D eigenvalue weighted by molar-refractivity contribution is -0.145. The summed E-state index contributed by atoms with van der Waals surface area (Å²) in [6.45, 7) is 0.169. The van der Waals surface area contributed by atoms with E-state index in [0.717, 1.165) is 27.6 Å². The van der Waals surface area contributed by atoms with Gasteiger partial charge in [0, 0.05) is 29.1 Å². The van der Waals surface area contributed by atoms with Gasteiger partial charge < -0.3 is 29.2 Å². The van der Waals surface area contributed by atoms with E-state index in [9.17, 15) is 9.59 Å². The lowest BCUT2D eigenvalue weighted by atomic mass is 9.85. The average molecular weight is 406 g/mol. The first-order chi connectivity index (χ1) is 14.6. The molecule has 0 saturated heterocycles. The quantitative estimate of drug-likeness (QED) is 0.634. The number of esters is 1. The number of hydrogen-bond acceptors (Lipinski definition) is 6. The zero-order valence-electron chi connectivity index (χ0n) is 16.1. The van der Waals surface area contributed by atoms with E-state index in [-0.39, 0.29) is 12.7 Å². The Labute approximate surface area is 171 Å². The Morgan fingerprint density at radius 3 is 2.83 bits per heavy atom.